The summed E-state index contributed by atoms with van der Waals surface area (Å²) in [6.07, 6.45) is 0.704. The summed E-state index contributed by atoms with van der Waals surface area (Å²) in [5.41, 5.74) is 6.58. The van der Waals surface area contributed by atoms with Crippen molar-refractivity contribution in [2.45, 2.75) is 45.7 Å². The molecular formula is C15H23BrN2O2. The van der Waals surface area contributed by atoms with E-state index in [0.717, 1.165) is 10.0 Å². The number of benzene rings is 1. The van der Waals surface area contributed by atoms with E-state index in [-0.39, 0.29) is 24.1 Å². The molecule has 3 N–H and O–H groups in total. The molecular weight excluding hydrogens is 320 g/mol. The van der Waals surface area contributed by atoms with Crippen LogP contribution in [0.25, 0.3) is 0 Å². The van der Waals surface area contributed by atoms with E-state index in [1.165, 1.54) is 0 Å². The highest BCUT2D eigenvalue weighted by Gasteiger charge is 2.15. The van der Waals surface area contributed by atoms with Crippen molar-refractivity contribution in [3.63, 3.8) is 0 Å². The molecule has 0 radical (unpaired) electrons. The van der Waals surface area contributed by atoms with Gasteiger partial charge in [0.15, 0.2) is 6.61 Å². The first-order valence-electron chi connectivity index (χ1n) is 6.65. The van der Waals surface area contributed by atoms with Crippen LogP contribution in [0.3, 0.4) is 0 Å². The van der Waals surface area contributed by atoms with Crippen LogP contribution in [0, 0.1) is 0 Å². The molecule has 112 valence electrons. The fourth-order valence-electron chi connectivity index (χ4n) is 1.79. The minimum absolute atomic E-state index is 0.00482. The van der Waals surface area contributed by atoms with Crippen molar-refractivity contribution in [3.8, 4) is 5.75 Å². The normalized spacial score (nSPS) is 12.9. The second-order valence-corrected chi connectivity index (χ2v) is 6.94. The molecule has 0 bridgehead atoms. The average Bonchev–Trinajstić information content (AvgIpc) is 2.24. The summed E-state index contributed by atoms with van der Waals surface area (Å²) < 4.78 is 6.58. The molecule has 4 nitrogen and oxygen atoms in total. The Kier molecular flexibility index (Phi) is 6.02. The van der Waals surface area contributed by atoms with Crippen LogP contribution in [-0.4, -0.2) is 24.1 Å². The molecule has 1 amide bonds. The monoisotopic (exact) mass is 342 g/mol. The molecule has 0 aliphatic heterocycles. The number of carbonyl (C=O) groups is 1. The highest BCUT2D eigenvalue weighted by molar-refractivity contribution is 9.10. The van der Waals surface area contributed by atoms with Crippen molar-refractivity contribution in [1.29, 1.82) is 0 Å². The zero-order valence-corrected chi connectivity index (χ0v) is 14.1. The number of nitrogens with two attached hydrogens (primary N) is 1. The number of halogens is 1. The number of hydrogen-bond donors (Lipinski definition) is 2. The third kappa shape index (κ3) is 6.39. The highest BCUT2D eigenvalue weighted by atomic mass is 79.9. The van der Waals surface area contributed by atoms with Gasteiger partial charge in [-0.1, -0.05) is 15.9 Å². The molecule has 0 fully saturated rings. The third-order valence-electron chi connectivity index (χ3n) is 2.44. The van der Waals surface area contributed by atoms with Gasteiger partial charge in [0.1, 0.15) is 5.75 Å². The molecule has 1 atom stereocenters. The molecule has 0 aromatic heterocycles. The topological polar surface area (TPSA) is 64.3 Å². The van der Waals surface area contributed by atoms with Crippen LogP contribution in [-0.2, 0) is 11.2 Å². The van der Waals surface area contributed by atoms with Gasteiger partial charge in [-0.3, -0.25) is 4.79 Å². The van der Waals surface area contributed by atoms with Gasteiger partial charge in [0.05, 0.1) is 0 Å². The molecule has 1 aromatic rings. The molecule has 0 heterocycles. The van der Waals surface area contributed by atoms with Gasteiger partial charge < -0.3 is 15.8 Å². The fourth-order valence-corrected chi connectivity index (χ4v) is 2.20. The number of rotatable bonds is 5. The van der Waals surface area contributed by atoms with Crippen LogP contribution in [0.4, 0.5) is 0 Å². The Morgan fingerprint density at radius 3 is 2.65 bits per heavy atom. The second-order valence-electron chi connectivity index (χ2n) is 6.02. The summed E-state index contributed by atoms with van der Waals surface area (Å²) in [5, 5.41) is 2.86. The van der Waals surface area contributed by atoms with Crippen molar-refractivity contribution in [2.24, 2.45) is 5.73 Å². The van der Waals surface area contributed by atoms with E-state index in [2.05, 4.69) is 21.2 Å². The number of carbonyl (C=O) groups excluding carboxylic acids is 1. The summed E-state index contributed by atoms with van der Waals surface area (Å²) in [4.78, 5) is 11.8. The van der Waals surface area contributed by atoms with Gasteiger partial charge in [-0.05, 0) is 57.9 Å². The van der Waals surface area contributed by atoms with Gasteiger partial charge >= 0.3 is 0 Å². The van der Waals surface area contributed by atoms with E-state index in [0.29, 0.717) is 12.2 Å². The van der Waals surface area contributed by atoms with Gasteiger partial charge in [0.2, 0.25) is 0 Å². The Hall–Kier alpha value is -1.07. The SMILES string of the molecule is CC(N)Cc1cc(Br)ccc1OCC(=O)NC(C)(C)C. The lowest BCUT2D eigenvalue weighted by atomic mass is 10.1. The Morgan fingerprint density at radius 1 is 1.45 bits per heavy atom. The predicted molar refractivity (Wildman–Crippen MR) is 84.9 cm³/mol. The van der Waals surface area contributed by atoms with Crippen LogP contribution in [0.5, 0.6) is 5.75 Å². The summed E-state index contributed by atoms with van der Waals surface area (Å²) in [7, 11) is 0. The minimum Gasteiger partial charge on any atom is -0.483 e. The Balaban J connectivity index is 2.70. The molecule has 0 saturated heterocycles. The maximum Gasteiger partial charge on any atom is 0.258 e. The average molecular weight is 343 g/mol. The minimum atomic E-state index is -0.255. The summed E-state index contributed by atoms with van der Waals surface area (Å²) in [5.74, 6) is 0.571. The van der Waals surface area contributed by atoms with Crippen molar-refractivity contribution in [3.05, 3.63) is 28.2 Å². The van der Waals surface area contributed by atoms with Gasteiger partial charge in [0, 0.05) is 16.1 Å². The molecule has 0 spiro atoms. The smallest absolute Gasteiger partial charge is 0.258 e. The molecule has 0 aliphatic carbocycles. The lowest BCUT2D eigenvalue weighted by molar-refractivity contribution is -0.124. The van der Waals surface area contributed by atoms with Crippen molar-refractivity contribution in [2.75, 3.05) is 6.61 Å². The van der Waals surface area contributed by atoms with E-state index < -0.39 is 0 Å². The number of ether oxygens (including phenoxy) is 1. The molecule has 5 heteroatoms. The largest absolute Gasteiger partial charge is 0.483 e. The van der Waals surface area contributed by atoms with Crippen LogP contribution in [0.1, 0.15) is 33.3 Å². The lowest BCUT2D eigenvalue weighted by Crippen LogP contribution is -2.43. The fraction of sp³-hybridized carbons (Fsp3) is 0.533. The maximum atomic E-state index is 11.8. The maximum absolute atomic E-state index is 11.8. The first-order valence-corrected chi connectivity index (χ1v) is 7.44. The zero-order chi connectivity index (χ0) is 15.3. The molecule has 0 aliphatic rings. The van der Waals surface area contributed by atoms with Gasteiger partial charge in [0.25, 0.3) is 5.91 Å². The first kappa shape index (κ1) is 17.0. The van der Waals surface area contributed by atoms with E-state index in [1.807, 2.05) is 45.9 Å². The zero-order valence-electron chi connectivity index (χ0n) is 12.5. The van der Waals surface area contributed by atoms with Crippen molar-refractivity contribution in [1.82, 2.24) is 5.32 Å². The Labute approximate surface area is 129 Å². The van der Waals surface area contributed by atoms with Crippen LogP contribution in [0.2, 0.25) is 0 Å². The van der Waals surface area contributed by atoms with Crippen LogP contribution < -0.4 is 15.8 Å². The van der Waals surface area contributed by atoms with Crippen LogP contribution in [0.15, 0.2) is 22.7 Å². The third-order valence-corrected chi connectivity index (χ3v) is 2.93. The van der Waals surface area contributed by atoms with Gasteiger partial charge in [-0.15, -0.1) is 0 Å². The molecule has 1 unspecified atom stereocenters. The molecule has 1 rings (SSSR count). The predicted octanol–water partition coefficient (Wildman–Crippen LogP) is 2.63. The highest BCUT2D eigenvalue weighted by Crippen LogP contribution is 2.24. The molecule has 0 saturated carbocycles. The van der Waals surface area contributed by atoms with Gasteiger partial charge in [-0.2, -0.15) is 0 Å². The quantitative estimate of drug-likeness (QED) is 0.864. The number of amides is 1. The van der Waals surface area contributed by atoms with E-state index in [4.69, 9.17) is 10.5 Å². The second kappa shape index (κ2) is 7.09. The van der Waals surface area contributed by atoms with E-state index in [1.54, 1.807) is 0 Å². The Bertz CT molecular complexity index is 467. The summed E-state index contributed by atoms with van der Waals surface area (Å²) >= 11 is 3.43. The summed E-state index contributed by atoms with van der Waals surface area (Å²) in [6.45, 7) is 7.76. The van der Waals surface area contributed by atoms with Gasteiger partial charge in [-0.25, -0.2) is 0 Å². The lowest BCUT2D eigenvalue weighted by Gasteiger charge is -2.21. The standard InChI is InChI=1S/C15H23BrN2O2/c1-10(17)7-11-8-12(16)5-6-13(11)20-9-14(19)18-15(2,3)4/h5-6,8,10H,7,9,17H2,1-4H3,(H,18,19). The van der Waals surface area contributed by atoms with Crippen molar-refractivity contribution < 1.29 is 9.53 Å². The first-order chi connectivity index (χ1) is 9.17. The summed E-state index contributed by atoms with van der Waals surface area (Å²) in [6, 6.07) is 5.75. The molecule has 20 heavy (non-hydrogen) atoms. The Morgan fingerprint density at radius 2 is 2.10 bits per heavy atom. The van der Waals surface area contributed by atoms with E-state index in [9.17, 15) is 4.79 Å². The number of nitrogens with one attached hydrogen (secondary N) is 1. The molecule has 1 aromatic carbocycles. The van der Waals surface area contributed by atoms with E-state index >= 15 is 0 Å². The van der Waals surface area contributed by atoms with Crippen molar-refractivity contribution >= 4 is 21.8 Å². The number of hydrogen-bond acceptors (Lipinski definition) is 3. The van der Waals surface area contributed by atoms with Crippen LogP contribution >= 0.6 is 15.9 Å².